The molecule has 0 saturated carbocycles. The van der Waals surface area contributed by atoms with Crippen LogP contribution in [0.2, 0.25) is 0 Å². The van der Waals surface area contributed by atoms with Crippen molar-refractivity contribution in [3.63, 3.8) is 0 Å². The summed E-state index contributed by atoms with van der Waals surface area (Å²) in [4.78, 5) is 29.1. The van der Waals surface area contributed by atoms with E-state index in [1.165, 1.54) is 0 Å². The molecule has 0 aliphatic carbocycles. The van der Waals surface area contributed by atoms with Crippen molar-refractivity contribution < 1.29 is 14.3 Å². The lowest BCUT2D eigenvalue weighted by atomic mass is 9.92. The average Bonchev–Trinajstić information content (AvgIpc) is 3.44. The molecule has 0 radical (unpaired) electrons. The monoisotopic (exact) mass is 413 g/mol. The molecule has 2 aromatic rings. The number of benzene rings is 1. The number of aromatic nitrogens is 1. The van der Waals surface area contributed by atoms with E-state index in [1.54, 1.807) is 0 Å². The Balaban J connectivity index is 1.16. The van der Waals surface area contributed by atoms with Crippen molar-refractivity contribution >= 4 is 34.5 Å². The minimum absolute atomic E-state index is 0.0988. The van der Waals surface area contributed by atoms with Crippen molar-refractivity contribution in [2.24, 2.45) is 7.05 Å². The Hall–Kier alpha value is -1.99. The van der Waals surface area contributed by atoms with Gasteiger partial charge in [-0.2, -0.15) is 0 Å². The van der Waals surface area contributed by atoms with Crippen LogP contribution in [0.1, 0.15) is 29.6 Å². The van der Waals surface area contributed by atoms with Crippen LogP contribution in [0.15, 0.2) is 30.5 Å². The lowest BCUT2D eigenvalue weighted by Crippen LogP contribution is -2.60. The van der Waals surface area contributed by atoms with Crippen LogP contribution in [0.5, 0.6) is 0 Å². The second-order valence-electron chi connectivity index (χ2n) is 8.55. The Morgan fingerprint density at radius 2 is 1.93 bits per heavy atom. The third-order valence-corrected chi connectivity index (χ3v) is 8.02. The molecule has 1 aromatic carbocycles. The summed E-state index contributed by atoms with van der Waals surface area (Å²) in [7, 11) is 1.98. The van der Waals surface area contributed by atoms with Gasteiger partial charge >= 0.3 is 0 Å². The Morgan fingerprint density at radius 1 is 1.17 bits per heavy atom. The Morgan fingerprint density at radius 3 is 2.72 bits per heavy atom. The van der Waals surface area contributed by atoms with Gasteiger partial charge in [-0.15, -0.1) is 11.8 Å². The van der Waals surface area contributed by atoms with E-state index in [-0.39, 0.29) is 29.3 Å². The smallest absolute Gasteiger partial charge is 0.256 e. The number of hydrogen-bond donors (Lipinski definition) is 0. The van der Waals surface area contributed by atoms with Crippen LogP contribution in [0.4, 0.5) is 0 Å². The fourth-order valence-corrected chi connectivity index (χ4v) is 6.40. The molecule has 0 unspecified atom stereocenters. The van der Waals surface area contributed by atoms with Crippen molar-refractivity contribution in [1.29, 1.82) is 0 Å². The molecule has 2 amide bonds. The van der Waals surface area contributed by atoms with Gasteiger partial charge in [0.1, 0.15) is 6.61 Å². The van der Waals surface area contributed by atoms with Gasteiger partial charge in [-0.25, -0.2) is 0 Å². The minimum atomic E-state index is 0.0988. The van der Waals surface area contributed by atoms with Crippen LogP contribution >= 0.6 is 11.8 Å². The molecule has 29 heavy (non-hydrogen) atoms. The molecule has 7 heteroatoms. The summed E-state index contributed by atoms with van der Waals surface area (Å²) < 4.78 is 8.05. The number of amides is 2. The maximum Gasteiger partial charge on any atom is 0.256 e. The molecule has 0 bridgehead atoms. The lowest BCUT2D eigenvalue weighted by molar-refractivity contribution is -0.136. The van der Waals surface area contributed by atoms with Crippen molar-refractivity contribution in [1.82, 2.24) is 14.4 Å². The summed E-state index contributed by atoms with van der Waals surface area (Å²) in [5.41, 5.74) is 1.86. The van der Waals surface area contributed by atoms with Gasteiger partial charge < -0.3 is 19.1 Å². The summed E-state index contributed by atoms with van der Waals surface area (Å²) >= 11 is 1.90. The van der Waals surface area contributed by atoms with Crippen molar-refractivity contribution in [2.45, 2.75) is 30.1 Å². The zero-order valence-electron chi connectivity index (χ0n) is 16.8. The van der Waals surface area contributed by atoms with Crippen LogP contribution in [-0.2, 0) is 16.6 Å². The summed E-state index contributed by atoms with van der Waals surface area (Å²) in [5.74, 6) is 1.14. The van der Waals surface area contributed by atoms with E-state index in [2.05, 4.69) is 0 Å². The van der Waals surface area contributed by atoms with E-state index in [9.17, 15) is 9.59 Å². The number of fused-ring (bicyclic) bond motifs is 1. The molecule has 3 aliphatic rings. The highest BCUT2D eigenvalue weighted by molar-refractivity contribution is 8.01. The molecule has 1 spiro atoms. The first kappa shape index (κ1) is 19.0. The van der Waals surface area contributed by atoms with E-state index in [1.807, 2.05) is 63.6 Å². The minimum Gasteiger partial charge on any atom is -0.367 e. The predicted octanol–water partition coefficient (Wildman–Crippen LogP) is 2.52. The van der Waals surface area contributed by atoms with E-state index in [0.29, 0.717) is 0 Å². The number of para-hydroxylation sites is 1. The van der Waals surface area contributed by atoms with Crippen LogP contribution < -0.4 is 0 Å². The molecule has 1 aromatic heterocycles. The van der Waals surface area contributed by atoms with Crippen LogP contribution in [-0.4, -0.2) is 75.6 Å². The van der Waals surface area contributed by atoms with Crippen molar-refractivity contribution in [2.75, 3.05) is 38.5 Å². The maximum absolute atomic E-state index is 13.1. The van der Waals surface area contributed by atoms with Gasteiger partial charge in [0.2, 0.25) is 5.91 Å². The molecule has 4 heterocycles. The highest BCUT2D eigenvalue weighted by Gasteiger charge is 2.51. The van der Waals surface area contributed by atoms with E-state index >= 15 is 0 Å². The number of hydrogen-bond acceptors (Lipinski definition) is 4. The fourth-order valence-electron chi connectivity index (χ4n) is 4.85. The normalized spacial score (nSPS) is 23.1. The maximum atomic E-state index is 13.1. The van der Waals surface area contributed by atoms with Crippen molar-refractivity contribution in [3.05, 3.63) is 36.0 Å². The molecule has 6 nitrogen and oxygen atoms in total. The summed E-state index contributed by atoms with van der Waals surface area (Å²) in [6, 6.07) is 8.04. The van der Waals surface area contributed by atoms with Gasteiger partial charge in [0.15, 0.2) is 0 Å². The first-order chi connectivity index (χ1) is 14.0. The molecule has 3 aliphatic heterocycles. The van der Waals surface area contributed by atoms with E-state index < -0.39 is 0 Å². The Bertz CT molecular complexity index is 944. The molecule has 0 N–H and O–H groups in total. The number of thioether (sulfide) groups is 1. The van der Waals surface area contributed by atoms with Gasteiger partial charge in [0.25, 0.3) is 5.91 Å². The number of rotatable bonds is 4. The summed E-state index contributed by atoms with van der Waals surface area (Å²) in [6.07, 6.45) is 5.19. The standard InChI is InChI=1S/C22H27N3O3S/c1-23-11-18(17-6-2-3-7-19(17)23)21(27)25-14-22(15-25)10-16(13-29-22)28-12-20(26)24-8-4-5-9-24/h2-3,6-7,11,16H,4-5,8-10,12-15H2,1H3/t16-/m1/s1. The summed E-state index contributed by atoms with van der Waals surface area (Å²) in [6.45, 7) is 3.47. The lowest BCUT2D eigenvalue weighted by Gasteiger charge is -2.47. The van der Waals surface area contributed by atoms with Gasteiger partial charge in [0.05, 0.1) is 16.4 Å². The molecule has 1 atom stereocenters. The molecular formula is C22H27N3O3S. The molecule has 154 valence electrons. The van der Waals surface area contributed by atoms with Gasteiger partial charge in [-0.3, -0.25) is 9.59 Å². The topological polar surface area (TPSA) is 54.8 Å². The average molecular weight is 414 g/mol. The predicted molar refractivity (Wildman–Crippen MR) is 114 cm³/mol. The number of carbonyl (C=O) groups excluding carboxylic acids is 2. The summed E-state index contributed by atoms with van der Waals surface area (Å²) in [5, 5.41) is 1.02. The number of ether oxygens (including phenoxy) is 1. The number of nitrogens with zero attached hydrogens (tertiary/aromatic N) is 3. The van der Waals surface area contributed by atoms with Crippen LogP contribution in [0.3, 0.4) is 0 Å². The van der Waals surface area contributed by atoms with Crippen molar-refractivity contribution in [3.8, 4) is 0 Å². The quantitative estimate of drug-likeness (QED) is 0.773. The fraction of sp³-hybridized carbons (Fsp3) is 0.545. The molecule has 3 fully saturated rings. The first-order valence-electron chi connectivity index (χ1n) is 10.4. The number of likely N-dealkylation sites (tertiary alicyclic amines) is 2. The largest absolute Gasteiger partial charge is 0.367 e. The van der Waals surface area contributed by atoms with Gasteiger partial charge in [-0.05, 0) is 25.3 Å². The molecular weight excluding hydrogens is 386 g/mol. The third-order valence-electron chi connectivity index (χ3n) is 6.45. The molecule has 3 saturated heterocycles. The van der Waals surface area contributed by atoms with Crippen LogP contribution in [0.25, 0.3) is 10.9 Å². The van der Waals surface area contributed by atoms with Gasteiger partial charge in [0, 0.05) is 56.1 Å². The zero-order chi connectivity index (χ0) is 20.0. The van der Waals surface area contributed by atoms with E-state index in [0.717, 1.165) is 67.7 Å². The zero-order valence-corrected chi connectivity index (χ0v) is 17.6. The Labute approximate surface area is 175 Å². The number of carbonyl (C=O) groups is 2. The first-order valence-corrected chi connectivity index (χ1v) is 11.4. The second kappa shape index (κ2) is 7.36. The number of aryl methyl sites for hydroxylation is 1. The highest BCUT2D eigenvalue weighted by atomic mass is 32.2. The third kappa shape index (κ3) is 3.44. The van der Waals surface area contributed by atoms with Crippen LogP contribution in [0, 0.1) is 0 Å². The SMILES string of the molecule is Cn1cc(C(=O)N2CC3(C[C@@H](OCC(=O)N4CCCC4)CS3)C2)c2ccccc21. The van der Waals surface area contributed by atoms with Gasteiger partial charge in [-0.1, -0.05) is 18.2 Å². The molecule has 5 rings (SSSR count). The highest BCUT2D eigenvalue weighted by Crippen LogP contribution is 2.46. The van der Waals surface area contributed by atoms with E-state index in [4.69, 9.17) is 4.74 Å². The second-order valence-corrected chi connectivity index (χ2v) is 10.0. The Kier molecular flexibility index (Phi) is 4.82.